The number of amides is 1. The van der Waals surface area contributed by atoms with Gasteiger partial charge in [-0.1, -0.05) is 18.2 Å². The van der Waals surface area contributed by atoms with Crippen LogP contribution in [0.3, 0.4) is 0 Å². The van der Waals surface area contributed by atoms with E-state index in [2.05, 4.69) is 10.3 Å². The summed E-state index contributed by atoms with van der Waals surface area (Å²) in [6.45, 7) is 0.258. The summed E-state index contributed by atoms with van der Waals surface area (Å²) in [5, 5.41) is 2.74. The van der Waals surface area contributed by atoms with E-state index in [4.69, 9.17) is 4.74 Å². The van der Waals surface area contributed by atoms with E-state index in [-0.39, 0.29) is 23.1 Å². The second-order valence-electron chi connectivity index (χ2n) is 6.48. The van der Waals surface area contributed by atoms with Crippen molar-refractivity contribution >= 4 is 15.7 Å². The molecule has 138 valence electrons. The van der Waals surface area contributed by atoms with Crippen LogP contribution in [0.15, 0.2) is 47.5 Å². The highest BCUT2D eigenvalue weighted by molar-refractivity contribution is 7.90. The fourth-order valence-electron chi connectivity index (χ4n) is 3.02. The number of carbonyl (C=O) groups is 1. The van der Waals surface area contributed by atoms with Crippen molar-refractivity contribution in [1.29, 1.82) is 0 Å². The van der Waals surface area contributed by atoms with Crippen LogP contribution in [-0.2, 0) is 16.4 Å². The monoisotopic (exact) mass is 374 g/mol. The molecular formula is C19H22N2O4S. The summed E-state index contributed by atoms with van der Waals surface area (Å²) in [5.41, 5.74) is 0.957. The predicted molar refractivity (Wildman–Crippen MR) is 97.8 cm³/mol. The minimum atomic E-state index is -3.47. The lowest BCUT2D eigenvalue weighted by molar-refractivity contribution is 0.0947. The molecule has 1 aliphatic rings. The van der Waals surface area contributed by atoms with Crippen molar-refractivity contribution in [2.24, 2.45) is 0 Å². The second-order valence-corrected chi connectivity index (χ2v) is 8.46. The summed E-state index contributed by atoms with van der Waals surface area (Å²) in [6.07, 6.45) is 7.53. The number of rotatable bonds is 6. The first-order valence-corrected chi connectivity index (χ1v) is 10.5. The van der Waals surface area contributed by atoms with Crippen LogP contribution in [0.4, 0.5) is 0 Å². The zero-order chi connectivity index (χ0) is 18.6. The van der Waals surface area contributed by atoms with Gasteiger partial charge in [0, 0.05) is 25.1 Å². The number of hydrogen-bond acceptors (Lipinski definition) is 5. The van der Waals surface area contributed by atoms with Crippen LogP contribution in [0.2, 0.25) is 0 Å². The van der Waals surface area contributed by atoms with Gasteiger partial charge in [-0.25, -0.2) is 13.4 Å². The number of carbonyl (C=O) groups excluding carboxylic acids is 1. The second kappa shape index (κ2) is 7.86. The van der Waals surface area contributed by atoms with Crippen LogP contribution in [0.25, 0.3) is 0 Å². The van der Waals surface area contributed by atoms with Gasteiger partial charge >= 0.3 is 0 Å². The highest BCUT2D eigenvalue weighted by Crippen LogP contribution is 2.23. The van der Waals surface area contributed by atoms with Crippen LogP contribution < -0.4 is 10.1 Å². The van der Waals surface area contributed by atoms with Crippen LogP contribution >= 0.6 is 0 Å². The van der Waals surface area contributed by atoms with E-state index in [9.17, 15) is 13.2 Å². The molecule has 0 radical (unpaired) electrons. The molecule has 0 aliphatic heterocycles. The molecule has 1 fully saturated rings. The van der Waals surface area contributed by atoms with E-state index in [0.29, 0.717) is 5.88 Å². The van der Waals surface area contributed by atoms with Crippen LogP contribution in [0, 0.1) is 0 Å². The summed E-state index contributed by atoms with van der Waals surface area (Å²) in [7, 11) is -3.47. The summed E-state index contributed by atoms with van der Waals surface area (Å²) >= 11 is 0. The largest absolute Gasteiger partial charge is 0.474 e. The van der Waals surface area contributed by atoms with Gasteiger partial charge in [0.05, 0.1) is 10.5 Å². The van der Waals surface area contributed by atoms with Gasteiger partial charge in [-0.15, -0.1) is 0 Å². The summed E-state index contributed by atoms with van der Waals surface area (Å²) in [4.78, 5) is 16.7. The topological polar surface area (TPSA) is 85.4 Å². The fraction of sp³-hybridized carbons (Fsp3) is 0.368. The van der Waals surface area contributed by atoms with E-state index < -0.39 is 15.7 Å². The Balaban J connectivity index is 1.61. The first kappa shape index (κ1) is 18.4. The third kappa shape index (κ3) is 4.60. The molecule has 7 heteroatoms. The van der Waals surface area contributed by atoms with E-state index in [1.807, 2.05) is 6.07 Å². The van der Waals surface area contributed by atoms with Crippen molar-refractivity contribution < 1.29 is 17.9 Å². The molecule has 0 bridgehead atoms. The van der Waals surface area contributed by atoms with Gasteiger partial charge in [0.25, 0.3) is 5.91 Å². The standard InChI is InChI=1S/C19H22N2O4S/c1-26(23,24)17-9-5-4-8-16(17)19(22)21-13-14-10-11-18(20-12-14)25-15-6-2-3-7-15/h4-5,8-12,15H,2-3,6-7,13H2,1H3,(H,21,22). The molecule has 0 unspecified atom stereocenters. The number of ether oxygens (including phenoxy) is 1. The third-order valence-electron chi connectivity index (χ3n) is 4.37. The maximum absolute atomic E-state index is 12.4. The van der Waals surface area contributed by atoms with E-state index >= 15 is 0 Å². The molecule has 1 N–H and O–H groups in total. The molecule has 0 saturated heterocycles. The highest BCUT2D eigenvalue weighted by atomic mass is 32.2. The number of sulfone groups is 1. The zero-order valence-electron chi connectivity index (χ0n) is 14.6. The number of nitrogens with one attached hydrogen (secondary N) is 1. The smallest absolute Gasteiger partial charge is 0.252 e. The maximum atomic E-state index is 12.4. The van der Waals surface area contributed by atoms with Crippen molar-refractivity contribution in [2.75, 3.05) is 6.26 Å². The number of aromatic nitrogens is 1. The molecule has 1 aromatic heterocycles. The number of pyridine rings is 1. The first-order chi connectivity index (χ1) is 12.4. The molecule has 0 atom stereocenters. The van der Waals surface area contributed by atoms with Crippen molar-refractivity contribution in [2.45, 2.75) is 43.2 Å². The van der Waals surface area contributed by atoms with E-state index in [1.54, 1.807) is 24.4 Å². The lowest BCUT2D eigenvalue weighted by Crippen LogP contribution is -2.24. The Bertz CT molecular complexity index is 873. The molecule has 1 amide bonds. The minimum Gasteiger partial charge on any atom is -0.474 e. The average Bonchev–Trinajstić information content (AvgIpc) is 3.13. The van der Waals surface area contributed by atoms with Crippen LogP contribution in [-0.4, -0.2) is 31.7 Å². The highest BCUT2D eigenvalue weighted by Gasteiger charge is 2.18. The first-order valence-electron chi connectivity index (χ1n) is 8.62. The van der Waals surface area contributed by atoms with Crippen molar-refractivity contribution in [1.82, 2.24) is 10.3 Å². The molecule has 26 heavy (non-hydrogen) atoms. The molecule has 3 rings (SSSR count). The lowest BCUT2D eigenvalue weighted by atomic mass is 10.2. The Morgan fingerprint density at radius 2 is 1.92 bits per heavy atom. The Labute approximate surface area is 153 Å². The molecule has 1 aliphatic carbocycles. The van der Waals surface area contributed by atoms with Gasteiger partial charge in [-0.3, -0.25) is 4.79 Å². The van der Waals surface area contributed by atoms with E-state index in [1.165, 1.54) is 25.0 Å². The van der Waals surface area contributed by atoms with Gasteiger partial charge < -0.3 is 10.1 Å². The van der Waals surface area contributed by atoms with Gasteiger partial charge in [-0.05, 0) is 43.4 Å². The Kier molecular flexibility index (Phi) is 5.56. The Hall–Kier alpha value is -2.41. The fourth-order valence-corrected chi connectivity index (χ4v) is 3.90. The summed E-state index contributed by atoms with van der Waals surface area (Å²) in [6, 6.07) is 9.81. The lowest BCUT2D eigenvalue weighted by Gasteiger charge is -2.12. The number of benzene rings is 1. The summed E-state index contributed by atoms with van der Waals surface area (Å²) < 4.78 is 29.4. The van der Waals surface area contributed by atoms with Crippen molar-refractivity contribution in [3.05, 3.63) is 53.7 Å². The predicted octanol–water partition coefficient (Wildman–Crippen LogP) is 2.74. The maximum Gasteiger partial charge on any atom is 0.252 e. The average molecular weight is 374 g/mol. The van der Waals surface area contributed by atoms with Crippen LogP contribution in [0.5, 0.6) is 5.88 Å². The third-order valence-corrected chi connectivity index (χ3v) is 5.53. The van der Waals surface area contributed by atoms with Crippen molar-refractivity contribution in [3.63, 3.8) is 0 Å². The molecule has 6 nitrogen and oxygen atoms in total. The Morgan fingerprint density at radius 3 is 2.58 bits per heavy atom. The molecule has 1 heterocycles. The number of nitrogens with zero attached hydrogens (tertiary/aromatic N) is 1. The molecular weight excluding hydrogens is 352 g/mol. The molecule has 1 aromatic carbocycles. The van der Waals surface area contributed by atoms with Gasteiger partial charge in [0.1, 0.15) is 6.10 Å². The molecule has 0 spiro atoms. The van der Waals surface area contributed by atoms with E-state index in [0.717, 1.165) is 24.7 Å². The van der Waals surface area contributed by atoms with Gasteiger partial charge in [0.2, 0.25) is 5.88 Å². The SMILES string of the molecule is CS(=O)(=O)c1ccccc1C(=O)NCc1ccc(OC2CCCC2)nc1. The quantitative estimate of drug-likeness (QED) is 0.840. The van der Waals surface area contributed by atoms with Crippen LogP contribution in [0.1, 0.15) is 41.6 Å². The van der Waals surface area contributed by atoms with Gasteiger partial charge in [-0.2, -0.15) is 0 Å². The zero-order valence-corrected chi connectivity index (χ0v) is 15.5. The Morgan fingerprint density at radius 1 is 1.19 bits per heavy atom. The molecule has 1 saturated carbocycles. The van der Waals surface area contributed by atoms with Crippen molar-refractivity contribution in [3.8, 4) is 5.88 Å². The minimum absolute atomic E-state index is 0.0240. The summed E-state index contributed by atoms with van der Waals surface area (Å²) in [5.74, 6) is 0.159. The molecule has 2 aromatic rings. The van der Waals surface area contributed by atoms with Gasteiger partial charge in [0.15, 0.2) is 9.84 Å². The normalized spacial score (nSPS) is 15.0. The number of hydrogen-bond donors (Lipinski definition) is 1.